The smallest absolute Gasteiger partial charge is 0.305 e. The van der Waals surface area contributed by atoms with Crippen molar-refractivity contribution < 1.29 is 23.7 Å². The van der Waals surface area contributed by atoms with Gasteiger partial charge in [-0.05, 0) is 91.3 Å². The monoisotopic (exact) mass is 462 g/mol. The highest BCUT2D eigenvalue weighted by atomic mass is 16.7. The molecular weight excluding hydrogens is 416 g/mol. The summed E-state index contributed by atoms with van der Waals surface area (Å²) < 4.78 is 23.5. The third-order valence-corrected chi connectivity index (χ3v) is 11.6. The van der Waals surface area contributed by atoms with Crippen LogP contribution in [0, 0.1) is 46.3 Å². The van der Waals surface area contributed by atoms with Crippen molar-refractivity contribution in [2.45, 2.75) is 96.9 Å². The standard InChI is InChI=1S/C28H46O5/c1-18(6-9-24(29)31-5)20-7-8-21-25-22(10-11-27(20,21)3)26(2)12-13-28(32-14-15-33-28)17-19(26)16-23(25)30-4/h18-23,25H,6-17H2,1-5H3/t18-,19-,20-,21+,22+,23-,25+,26+,27-/m1/s1. The molecule has 0 amide bonds. The Hall–Kier alpha value is -0.650. The van der Waals surface area contributed by atoms with Crippen LogP contribution in [-0.2, 0) is 23.7 Å². The maximum atomic E-state index is 11.8. The largest absolute Gasteiger partial charge is 0.469 e. The summed E-state index contributed by atoms with van der Waals surface area (Å²) >= 11 is 0. The van der Waals surface area contributed by atoms with Gasteiger partial charge in [-0.3, -0.25) is 4.79 Å². The minimum absolute atomic E-state index is 0.0683. The van der Waals surface area contributed by atoms with Gasteiger partial charge in [0.15, 0.2) is 5.79 Å². The Morgan fingerprint density at radius 3 is 2.42 bits per heavy atom. The molecular formula is C28H46O5. The van der Waals surface area contributed by atoms with Crippen molar-refractivity contribution in [3.8, 4) is 0 Å². The number of esters is 1. The normalized spacial score (nSPS) is 46.9. The summed E-state index contributed by atoms with van der Waals surface area (Å²) in [6, 6.07) is 0. The Kier molecular flexibility index (Phi) is 6.40. The molecule has 5 heteroatoms. The molecule has 5 aliphatic rings. The number of hydrogen-bond donors (Lipinski definition) is 0. The van der Waals surface area contributed by atoms with Crippen LogP contribution >= 0.6 is 0 Å². The van der Waals surface area contributed by atoms with Crippen molar-refractivity contribution in [2.75, 3.05) is 27.4 Å². The highest BCUT2D eigenvalue weighted by Gasteiger charge is 2.64. The van der Waals surface area contributed by atoms with E-state index in [1.807, 2.05) is 7.11 Å². The van der Waals surface area contributed by atoms with Crippen molar-refractivity contribution in [2.24, 2.45) is 46.3 Å². The molecule has 1 saturated heterocycles. The van der Waals surface area contributed by atoms with Gasteiger partial charge in [0.25, 0.3) is 0 Å². The van der Waals surface area contributed by atoms with E-state index in [1.165, 1.54) is 39.2 Å². The minimum Gasteiger partial charge on any atom is -0.469 e. The molecule has 0 aromatic rings. The van der Waals surface area contributed by atoms with Crippen molar-refractivity contribution in [3.05, 3.63) is 0 Å². The number of ether oxygens (including phenoxy) is 4. The summed E-state index contributed by atoms with van der Waals surface area (Å²) in [7, 11) is 3.45. The summed E-state index contributed by atoms with van der Waals surface area (Å²) in [6.07, 6.45) is 11.6. The third kappa shape index (κ3) is 3.80. The van der Waals surface area contributed by atoms with Crippen molar-refractivity contribution >= 4 is 5.97 Å². The predicted molar refractivity (Wildman–Crippen MR) is 126 cm³/mol. The van der Waals surface area contributed by atoms with Crippen LogP contribution in [-0.4, -0.2) is 45.3 Å². The lowest BCUT2D eigenvalue weighted by atomic mass is 9.43. The van der Waals surface area contributed by atoms with Gasteiger partial charge in [-0.25, -0.2) is 0 Å². The average molecular weight is 463 g/mol. The molecule has 5 fully saturated rings. The first-order valence-corrected chi connectivity index (χ1v) is 13.6. The molecule has 0 unspecified atom stereocenters. The number of methoxy groups -OCH3 is 2. The van der Waals surface area contributed by atoms with Crippen LogP contribution in [0.1, 0.15) is 85.0 Å². The third-order valence-electron chi connectivity index (χ3n) is 11.6. The van der Waals surface area contributed by atoms with Crippen LogP contribution in [0.25, 0.3) is 0 Å². The fourth-order valence-corrected chi connectivity index (χ4v) is 9.77. The minimum atomic E-state index is -0.313. The van der Waals surface area contributed by atoms with Gasteiger partial charge in [0.2, 0.25) is 0 Å². The van der Waals surface area contributed by atoms with Gasteiger partial charge in [0, 0.05) is 26.4 Å². The zero-order chi connectivity index (χ0) is 23.4. The molecule has 0 bridgehead atoms. The molecule has 1 aliphatic heterocycles. The van der Waals surface area contributed by atoms with Gasteiger partial charge in [-0.15, -0.1) is 0 Å². The second-order valence-corrected chi connectivity index (χ2v) is 12.6. The van der Waals surface area contributed by atoms with Crippen LogP contribution in [0.4, 0.5) is 0 Å². The maximum absolute atomic E-state index is 11.8. The number of fused-ring (bicyclic) bond motifs is 5. The number of carbonyl (C=O) groups is 1. The van der Waals surface area contributed by atoms with Gasteiger partial charge < -0.3 is 18.9 Å². The summed E-state index contributed by atoms with van der Waals surface area (Å²) in [6.45, 7) is 9.05. The molecule has 0 aromatic carbocycles. The molecule has 4 saturated carbocycles. The quantitative estimate of drug-likeness (QED) is 0.498. The second-order valence-electron chi connectivity index (χ2n) is 12.6. The lowest BCUT2D eigenvalue weighted by Gasteiger charge is -2.63. The van der Waals surface area contributed by atoms with Gasteiger partial charge in [0.1, 0.15) is 0 Å². The highest BCUT2D eigenvalue weighted by molar-refractivity contribution is 5.69. The van der Waals surface area contributed by atoms with Gasteiger partial charge in [-0.1, -0.05) is 20.8 Å². The highest BCUT2D eigenvalue weighted by Crippen LogP contribution is 2.69. The first-order chi connectivity index (χ1) is 15.8. The number of rotatable bonds is 5. The Balaban J connectivity index is 1.36. The Bertz CT molecular complexity index is 732. The van der Waals surface area contributed by atoms with E-state index in [0.29, 0.717) is 47.0 Å². The van der Waals surface area contributed by atoms with E-state index >= 15 is 0 Å². The molecule has 0 N–H and O–H groups in total. The topological polar surface area (TPSA) is 54.0 Å². The van der Waals surface area contributed by atoms with Gasteiger partial charge >= 0.3 is 5.97 Å². The summed E-state index contributed by atoms with van der Waals surface area (Å²) in [5.74, 6) is 3.64. The molecule has 5 nitrogen and oxygen atoms in total. The van der Waals surface area contributed by atoms with Crippen LogP contribution in [0.2, 0.25) is 0 Å². The summed E-state index contributed by atoms with van der Waals surface area (Å²) in [4.78, 5) is 11.8. The van der Waals surface area contributed by atoms with E-state index < -0.39 is 0 Å². The average Bonchev–Trinajstić information content (AvgIpc) is 3.41. The van der Waals surface area contributed by atoms with E-state index in [4.69, 9.17) is 18.9 Å². The van der Waals surface area contributed by atoms with Crippen molar-refractivity contribution in [3.63, 3.8) is 0 Å². The molecule has 188 valence electrons. The summed E-state index contributed by atoms with van der Waals surface area (Å²) in [5, 5.41) is 0. The Labute approximate surface area is 200 Å². The SMILES string of the molecule is COC(=O)CC[C@@H](C)[C@H]1CC[C@H]2[C@@H]3[C@H](OC)C[C@@H]4CC5(CC[C@]4(C)[C@H]3CC[C@]12C)OCCO5. The van der Waals surface area contributed by atoms with E-state index in [0.717, 1.165) is 50.7 Å². The number of hydrogen-bond acceptors (Lipinski definition) is 5. The molecule has 0 radical (unpaired) electrons. The Morgan fingerprint density at radius 1 is 1.00 bits per heavy atom. The fourth-order valence-electron chi connectivity index (χ4n) is 9.77. The lowest BCUT2D eigenvalue weighted by Crippen LogP contribution is -2.60. The first kappa shape index (κ1) is 24.1. The first-order valence-electron chi connectivity index (χ1n) is 13.6. The van der Waals surface area contributed by atoms with Crippen LogP contribution < -0.4 is 0 Å². The van der Waals surface area contributed by atoms with Crippen molar-refractivity contribution in [1.82, 2.24) is 0 Å². The maximum Gasteiger partial charge on any atom is 0.305 e. The zero-order valence-corrected chi connectivity index (χ0v) is 21.6. The molecule has 4 aliphatic carbocycles. The van der Waals surface area contributed by atoms with E-state index in [1.54, 1.807) is 0 Å². The molecule has 33 heavy (non-hydrogen) atoms. The fraction of sp³-hybridized carbons (Fsp3) is 0.964. The zero-order valence-electron chi connectivity index (χ0n) is 21.6. The molecule has 5 rings (SSSR count). The van der Waals surface area contributed by atoms with Crippen molar-refractivity contribution in [1.29, 1.82) is 0 Å². The van der Waals surface area contributed by atoms with E-state index in [9.17, 15) is 4.79 Å². The van der Waals surface area contributed by atoms with E-state index in [-0.39, 0.29) is 11.8 Å². The van der Waals surface area contributed by atoms with Crippen LogP contribution in [0.15, 0.2) is 0 Å². The molecule has 0 aromatic heterocycles. The van der Waals surface area contributed by atoms with Gasteiger partial charge in [-0.2, -0.15) is 0 Å². The molecule has 1 spiro atoms. The van der Waals surface area contributed by atoms with Gasteiger partial charge in [0.05, 0.1) is 26.4 Å². The van der Waals surface area contributed by atoms with E-state index in [2.05, 4.69) is 20.8 Å². The Morgan fingerprint density at radius 2 is 1.73 bits per heavy atom. The molecule has 9 atom stereocenters. The predicted octanol–water partition coefficient (Wildman–Crippen LogP) is 5.60. The summed E-state index contributed by atoms with van der Waals surface area (Å²) in [5.41, 5.74) is 0.737. The van der Waals surface area contributed by atoms with Crippen LogP contribution in [0.3, 0.4) is 0 Å². The number of carbonyl (C=O) groups excluding carboxylic acids is 1. The van der Waals surface area contributed by atoms with Crippen LogP contribution in [0.5, 0.6) is 0 Å². The second kappa shape index (κ2) is 8.78. The molecule has 1 heterocycles. The lowest BCUT2D eigenvalue weighted by molar-refractivity contribution is -0.245.